The maximum atomic E-state index is 9.09. The molecule has 2 nitrogen and oxygen atoms in total. The van der Waals surface area contributed by atoms with Crippen LogP contribution in [0.25, 0.3) is 0 Å². The van der Waals surface area contributed by atoms with Crippen LogP contribution in [0.2, 0.25) is 5.02 Å². The monoisotopic (exact) mass is 247 g/mol. The van der Waals surface area contributed by atoms with E-state index >= 15 is 0 Å². The summed E-state index contributed by atoms with van der Waals surface area (Å²) >= 11 is 6.11. The molecule has 0 aliphatic rings. The Kier molecular flexibility index (Phi) is 4.05. The first-order chi connectivity index (χ1) is 7.90. The van der Waals surface area contributed by atoms with Crippen molar-refractivity contribution in [3.8, 4) is 24.2 Å². The summed E-state index contributed by atoms with van der Waals surface area (Å²) in [5, 5.41) is 9.51. The molecule has 0 fully saturated rings. The Morgan fingerprint density at radius 3 is 2.53 bits per heavy atom. The van der Waals surface area contributed by atoms with Gasteiger partial charge in [0, 0.05) is 0 Å². The zero-order chi connectivity index (χ0) is 13.1. The summed E-state index contributed by atoms with van der Waals surface area (Å²) in [5.74, 6) is 2.71. The molecule has 88 valence electrons. The van der Waals surface area contributed by atoms with Crippen LogP contribution in [0.1, 0.15) is 31.9 Å². The molecule has 3 heteroatoms. The third kappa shape index (κ3) is 3.16. The fraction of sp³-hybridized carbons (Fsp3) is 0.357. The maximum absolute atomic E-state index is 9.09. The minimum absolute atomic E-state index is 0.0696. The van der Waals surface area contributed by atoms with Crippen molar-refractivity contribution in [1.82, 2.24) is 0 Å². The third-order valence-corrected chi connectivity index (χ3v) is 2.61. The van der Waals surface area contributed by atoms with E-state index in [0.717, 1.165) is 5.56 Å². The Bertz CT molecular complexity index is 501. The zero-order valence-electron chi connectivity index (χ0n) is 10.2. The molecule has 0 bridgehead atoms. The van der Waals surface area contributed by atoms with Gasteiger partial charge in [0.2, 0.25) is 0 Å². The van der Waals surface area contributed by atoms with Crippen molar-refractivity contribution in [2.24, 2.45) is 0 Å². The quantitative estimate of drug-likeness (QED) is 0.749. The number of rotatable bonds is 2. The van der Waals surface area contributed by atoms with Crippen LogP contribution in [-0.2, 0) is 5.41 Å². The molecule has 1 aromatic carbocycles. The van der Waals surface area contributed by atoms with Gasteiger partial charge in [-0.1, -0.05) is 38.3 Å². The van der Waals surface area contributed by atoms with Gasteiger partial charge >= 0.3 is 0 Å². The highest BCUT2D eigenvalue weighted by Crippen LogP contribution is 2.34. The molecule has 0 aliphatic carbocycles. The van der Waals surface area contributed by atoms with Gasteiger partial charge in [-0.05, 0) is 23.1 Å². The highest BCUT2D eigenvalue weighted by atomic mass is 35.5. The second-order valence-corrected chi connectivity index (χ2v) is 5.10. The number of hydrogen-bond acceptors (Lipinski definition) is 2. The molecule has 0 atom stereocenters. The van der Waals surface area contributed by atoms with Crippen LogP contribution >= 0.6 is 11.6 Å². The molecule has 0 aliphatic heterocycles. The average molecular weight is 248 g/mol. The van der Waals surface area contributed by atoms with Crippen molar-refractivity contribution in [3.63, 3.8) is 0 Å². The number of nitrogens with zero attached hydrogens (tertiary/aromatic N) is 1. The van der Waals surface area contributed by atoms with Gasteiger partial charge in [0.1, 0.15) is 12.7 Å². The molecule has 0 amide bonds. The lowest BCUT2D eigenvalue weighted by Crippen LogP contribution is -2.12. The van der Waals surface area contributed by atoms with Gasteiger partial charge in [-0.15, -0.1) is 6.42 Å². The van der Waals surface area contributed by atoms with Gasteiger partial charge in [-0.25, -0.2) is 0 Å². The van der Waals surface area contributed by atoms with E-state index in [2.05, 4.69) is 32.8 Å². The summed E-state index contributed by atoms with van der Waals surface area (Å²) in [6.45, 7) is 6.27. The minimum Gasteiger partial charge on any atom is -0.478 e. The summed E-state index contributed by atoms with van der Waals surface area (Å²) in [6.07, 6.45) is 5.12. The SMILES string of the molecule is C#CCOc1c(Cl)cc(C(C)(C)C)cc1C#N. The second kappa shape index (κ2) is 5.13. The molecule has 0 spiro atoms. The summed E-state index contributed by atoms with van der Waals surface area (Å²) in [7, 11) is 0. The normalized spacial score (nSPS) is 10.5. The molecule has 17 heavy (non-hydrogen) atoms. The van der Waals surface area contributed by atoms with Crippen molar-refractivity contribution < 1.29 is 4.74 Å². The highest BCUT2D eigenvalue weighted by Gasteiger charge is 2.18. The van der Waals surface area contributed by atoms with Crippen LogP contribution in [0.15, 0.2) is 12.1 Å². The van der Waals surface area contributed by atoms with Crippen LogP contribution in [0, 0.1) is 23.7 Å². The molecule has 1 aromatic rings. The van der Waals surface area contributed by atoms with E-state index in [1.54, 1.807) is 6.07 Å². The Hall–Kier alpha value is -1.64. The van der Waals surface area contributed by atoms with Gasteiger partial charge in [-0.3, -0.25) is 0 Å². The Balaban J connectivity index is 3.28. The average Bonchev–Trinajstić information content (AvgIpc) is 2.25. The lowest BCUT2D eigenvalue weighted by molar-refractivity contribution is 0.369. The van der Waals surface area contributed by atoms with Crippen LogP contribution < -0.4 is 4.74 Å². The first-order valence-electron chi connectivity index (χ1n) is 5.20. The lowest BCUT2D eigenvalue weighted by atomic mass is 9.86. The van der Waals surface area contributed by atoms with Gasteiger partial charge in [0.05, 0.1) is 10.6 Å². The first kappa shape index (κ1) is 13.4. The summed E-state index contributed by atoms with van der Waals surface area (Å²) in [6, 6.07) is 5.68. The smallest absolute Gasteiger partial charge is 0.157 e. The van der Waals surface area contributed by atoms with Crippen LogP contribution in [0.3, 0.4) is 0 Å². The van der Waals surface area contributed by atoms with Crippen molar-refractivity contribution in [2.45, 2.75) is 26.2 Å². The maximum Gasteiger partial charge on any atom is 0.157 e. The number of nitriles is 1. The molecule has 0 unspecified atom stereocenters. The zero-order valence-corrected chi connectivity index (χ0v) is 10.9. The molecule has 0 N–H and O–H groups in total. The molecule has 0 radical (unpaired) electrons. The van der Waals surface area contributed by atoms with E-state index in [1.807, 2.05) is 6.07 Å². The third-order valence-electron chi connectivity index (χ3n) is 2.33. The van der Waals surface area contributed by atoms with E-state index in [-0.39, 0.29) is 12.0 Å². The molecule has 1 rings (SSSR count). The summed E-state index contributed by atoms with van der Waals surface area (Å²) in [4.78, 5) is 0. The van der Waals surface area contributed by atoms with E-state index in [4.69, 9.17) is 28.0 Å². The number of benzene rings is 1. The standard InChI is InChI=1S/C14H14ClNO/c1-5-6-17-13-10(9-16)7-11(8-12(13)15)14(2,3)4/h1,7-8H,6H2,2-4H3. The van der Waals surface area contributed by atoms with E-state index in [1.165, 1.54) is 0 Å². The van der Waals surface area contributed by atoms with Crippen LogP contribution in [-0.4, -0.2) is 6.61 Å². The number of halogens is 1. The van der Waals surface area contributed by atoms with Gasteiger partial charge in [-0.2, -0.15) is 5.26 Å². The molecule has 0 saturated heterocycles. The molecule has 0 heterocycles. The van der Waals surface area contributed by atoms with E-state index < -0.39 is 0 Å². The largest absolute Gasteiger partial charge is 0.478 e. The predicted octanol–water partition coefficient (Wildman–Crippen LogP) is 3.52. The van der Waals surface area contributed by atoms with Crippen molar-refractivity contribution in [2.75, 3.05) is 6.61 Å². The van der Waals surface area contributed by atoms with Crippen LogP contribution in [0.5, 0.6) is 5.75 Å². The van der Waals surface area contributed by atoms with Gasteiger partial charge in [0.25, 0.3) is 0 Å². The van der Waals surface area contributed by atoms with Crippen molar-refractivity contribution in [1.29, 1.82) is 5.26 Å². The summed E-state index contributed by atoms with van der Waals surface area (Å²) < 4.78 is 5.29. The number of ether oxygens (including phenoxy) is 1. The van der Waals surface area contributed by atoms with E-state index in [0.29, 0.717) is 16.3 Å². The molecular weight excluding hydrogens is 234 g/mol. The first-order valence-corrected chi connectivity index (χ1v) is 5.58. The molecular formula is C14H14ClNO. The van der Waals surface area contributed by atoms with Crippen LogP contribution in [0.4, 0.5) is 0 Å². The van der Waals surface area contributed by atoms with Gasteiger partial charge in [0.15, 0.2) is 5.75 Å². The predicted molar refractivity (Wildman–Crippen MR) is 69.2 cm³/mol. The highest BCUT2D eigenvalue weighted by molar-refractivity contribution is 6.32. The fourth-order valence-electron chi connectivity index (χ4n) is 1.37. The number of hydrogen-bond donors (Lipinski definition) is 0. The fourth-order valence-corrected chi connectivity index (χ4v) is 1.64. The Morgan fingerprint density at radius 1 is 1.41 bits per heavy atom. The van der Waals surface area contributed by atoms with Gasteiger partial charge < -0.3 is 4.74 Å². The Labute approximate surface area is 107 Å². The Morgan fingerprint density at radius 2 is 2.06 bits per heavy atom. The molecule has 0 saturated carbocycles. The minimum atomic E-state index is -0.0696. The summed E-state index contributed by atoms with van der Waals surface area (Å²) in [5.41, 5.74) is 1.34. The molecule has 0 aromatic heterocycles. The van der Waals surface area contributed by atoms with Crippen molar-refractivity contribution in [3.05, 3.63) is 28.3 Å². The van der Waals surface area contributed by atoms with Crippen molar-refractivity contribution >= 4 is 11.6 Å². The number of terminal acetylenes is 1. The lowest BCUT2D eigenvalue weighted by Gasteiger charge is -2.20. The van der Waals surface area contributed by atoms with E-state index in [9.17, 15) is 0 Å². The topological polar surface area (TPSA) is 33.0 Å². The second-order valence-electron chi connectivity index (χ2n) is 4.69.